The molecule has 2 unspecified atom stereocenters. The highest BCUT2D eigenvalue weighted by molar-refractivity contribution is 6.14. The van der Waals surface area contributed by atoms with E-state index in [0.29, 0.717) is 5.82 Å². The Balaban J connectivity index is 1.13. The van der Waals surface area contributed by atoms with E-state index in [2.05, 4.69) is 176 Å². The van der Waals surface area contributed by atoms with Crippen LogP contribution in [-0.4, -0.2) is 21.7 Å². The van der Waals surface area contributed by atoms with Gasteiger partial charge in [0.25, 0.3) is 0 Å². The molecule has 0 saturated carbocycles. The lowest BCUT2D eigenvalue weighted by Gasteiger charge is -2.34. The summed E-state index contributed by atoms with van der Waals surface area (Å²) in [7, 11) is 0. The number of hydrogen-bond acceptors (Lipinski definition) is 3. The molecule has 0 fully saturated rings. The molecular weight excluding hydrogens is 607 g/mol. The van der Waals surface area contributed by atoms with Crippen LogP contribution in [-0.2, 0) is 0 Å². The summed E-state index contributed by atoms with van der Waals surface area (Å²) in [6.07, 6.45) is 6.77. The highest BCUT2D eigenvalue weighted by Gasteiger charge is 2.33. The number of nitrogens with zero attached hydrogens (tertiary/aromatic N) is 3. The second-order valence-electron chi connectivity index (χ2n) is 12.8. The van der Waals surface area contributed by atoms with Crippen LogP contribution in [0.5, 0.6) is 0 Å². The number of dihydropyridines is 1. The van der Waals surface area contributed by atoms with Gasteiger partial charge in [-0.3, -0.25) is 4.99 Å². The number of hydrogen-bond donors (Lipinski definition) is 0. The van der Waals surface area contributed by atoms with Crippen molar-refractivity contribution in [2.24, 2.45) is 4.99 Å². The van der Waals surface area contributed by atoms with Gasteiger partial charge in [-0.05, 0) is 57.2 Å². The van der Waals surface area contributed by atoms with Crippen molar-refractivity contribution in [1.29, 1.82) is 0 Å². The fraction of sp³-hybridized carbons (Fsp3) is 0.0426. The topological polar surface area (TPSA) is 38.1 Å². The third kappa shape index (κ3) is 5.69. The molecule has 0 bridgehead atoms. The summed E-state index contributed by atoms with van der Waals surface area (Å²) in [6, 6.07) is 59.5. The minimum Gasteiger partial charge on any atom is -0.276 e. The Morgan fingerprint density at radius 2 is 0.920 bits per heavy atom. The molecule has 1 aliphatic heterocycles. The lowest BCUT2D eigenvalue weighted by Crippen LogP contribution is -2.25. The number of rotatable bonds is 6. The van der Waals surface area contributed by atoms with Gasteiger partial charge in [0.15, 0.2) is 5.82 Å². The molecule has 50 heavy (non-hydrogen) atoms. The number of benzene rings is 6. The second kappa shape index (κ2) is 12.9. The Hall–Kier alpha value is -6.45. The average molecular weight is 640 g/mol. The van der Waals surface area contributed by atoms with Crippen LogP contribution in [0.4, 0.5) is 0 Å². The van der Waals surface area contributed by atoms with Crippen LogP contribution < -0.4 is 0 Å². The van der Waals surface area contributed by atoms with Crippen molar-refractivity contribution in [1.82, 2.24) is 9.97 Å². The van der Waals surface area contributed by atoms with Crippen molar-refractivity contribution in [3.8, 4) is 45.0 Å². The molecule has 2 heterocycles. The van der Waals surface area contributed by atoms with Crippen LogP contribution in [0.25, 0.3) is 56.7 Å². The zero-order chi connectivity index (χ0) is 33.3. The Kier molecular flexibility index (Phi) is 7.64. The molecule has 1 aromatic heterocycles. The van der Waals surface area contributed by atoms with Crippen LogP contribution in [0.15, 0.2) is 187 Å². The Bertz CT molecular complexity index is 2390. The molecule has 1 aliphatic carbocycles. The first kappa shape index (κ1) is 29.7. The van der Waals surface area contributed by atoms with Gasteiger partial charge in [0.1, 0.15) is 0 Å². The van der Waals surface area contributed by atoms with Crippen LogP contribution in [0.3, 0.4) is 0 Å². The van der Waals surface area contributed by atoms with E-state index in [4.69, 9.17) is 15.0 Å². The molecule has 3 heteroatoms. The number of aromatic nitrogens is 2. The highest BCUT2D eigenvalue weighted by atomic mass is 14.9. The second-order valence-corrected chi connectivity index (χ2v) is 12.8. The largest absolute Gasteiger partial charge is 0.276 e. The Labute approximate surface area is 292 Å². The minimum absolute atomic E-state index is 0.00637. The zero-order valence-electron chi connectivity index (χ0n) is 27.4. The first-order chi connectivity index (χ1) is 24.8. The first-order valence-electron chi connectivity index (χ1n) is 17.1. The molecule has 0 radical (unpaired) electrons. The summed E-state index contributed by atoms with van der Waals surface area (Å²) in [5.74, 6) is 0.813. The molecule has 9 rings (SSSR count). The average Bonchev–Trinajstić information content (AvgIpc) is 3.21. The van der Waals surface area contributed by atoms with Gasteiger partial charge in [-0.25, -0.2) is 9.97 Å². The number of aliphatic imine (C=N–C) groups is 1. The fourth-order valence-corrected chi connectivity index (χ4v) is 7.15. The van der Waals surface area contributed by atoms with E-state index in [9.17, 15) is 0 Å². The molecule has 236 valence electrons. The van der Waals surface area contributed by atoms with Gasteiger partial charge in [-0.15, -0.1) is 0 Å². The fourth-order valence-electron chi connectivity index (χ4n) is 7.15. The molecule has 7 aromatic rings. The molecule has 3 nitrogen and oxygen atoms in total. The molecule has 0 spiro atoms. The van der Waals surface area contributed by atoms with E-state index in [-0.39, 0.29) is 12.0 Å². The predicted octanol–water partition coefficient (Wildman–Crippen LogP) is 11.2. The monoisotopic (exact) mass is 639 g/mol. The highest BCUT2D eigenvalue weighted by Crippen LogP contribution is 2.45. The molecule has 0 saturated heterocycles. The summed E-state index contributed by atoms with van der Waals surface area (Å²) >= 11 is 0. The maximum atomic E-state index is 5.27. The van der Waals surface area contributed by atoms with E-state index in [1.54, 1.807) is 0 Å². The van der Waals surface area contributed by atoms with Crippen LogP contribution in [0, 0.1) is 0 Å². The van der Waals surface area contributed by atoms with Crippen molar-refractivity contribution in [2.45, 2.75) is 12.0 Å². The Morgan fingerprint density at radius 3 is 1.56 bits per heavy atom. The third-order valence-corrected chi connectivity index (χ3v) is 9.67. The summed E-state index contributed by atoms with van der Waals surface area (Å²) in [5.41, 5.74) is 14.4. The smallest absolute Gasteiger partial charge is 0.160 e. The van der Waals surface area contributed by atoms with Gasteiger partial charge in [-0.1, -0.05) is 170 Å². The molecule has 2 atom stereocenters. The molecule has 2 aliphatic rings. The Morgan fingerprint density at radius 1 is 0.420 bits per heavy atom. The maximum Gasteiger partial charge on any atom is 0.160 e. The predicted molar refractivity (Wildman–Crippen MR) is 207 cm³/mol. The third-order valence-electron chi connectivity index (χ3n) is 9.67. The normalized spacial score (nSPS) is 16.2. The zero-order valence-corrected chi connectivity index (χ0v) is 27.4. The summed E-state index contributed by atoms with van der Waals surface area (Å²) < 4.78 is 0. The quantitative estimate of drug-likeness (QED) is 0.182. The van der Waals surface area contributed by atoms with Crippen molar-refractivity contribution >= 4 is 17.4 Å². The lowest BCUT2D eigenvalue weighted by atomic mass is 9.74. The van der Waals surface area contributed by atoms with Crippen molar-refractivity contribution in [3.05, 3.63) is 204 Å². The van der Waals surface area contributed by atoms with Gasteiger partial charge >= 0.3 is 0 Å². The summed E-state index contributed by atoms with van der Waals surface area (Å²) in [6.45, 7) is 0. The van der Waals surface area contributed by atoms with Crippen LogP contribution in [0.1, 0.15) is 28.2 Å². The van der Waals surface area contributed by atoms with Crippen molar-refractivity contribution < 1.29 is 0 Å². The van der Waals surface area contributed by atoms with Crippen molar-refractivity contribution in [3.63, 3.8) is 0 Å². The SMILES string of the molecule is C1=CC2N=C(c3ccccc3)C=C(c3ccccc3)C2c2ccc(-c3nc(-c4ccccc4)cc(-c4ccc(-c5ccccc5)cc4)n3)cc21. The van der Waals surface area contributed by atoms with E-state index >= 15 is 0 Å². The van der Waals surface area contributed by atoms with Gasteiger partial charge in [0, 0.05) is 22.6 Å². The minimum atomic E-state index is 0.00637. The standard InChI is InChI=1S/C47H33N3/c1-5-13-32(14-6-1)33-21-23-37(24-22-33)45-31-44(36-19-11-4-12-20-36)49-47(50-45)39-25-27-40-38(29-39)26-28-42-46(40)41(34-15-7-2-8-16-34)30-43(48-42)35-17-9-3-10-18-35/h1-31,42,46H. The summed E-state index contributed by atoms with van der Waals surface area (Å²) in [4.78, 5) is 15.6. The van der Waals surface area contributed by atoms with E-state index in [0.717, 1.165) is 39.4 Å². The van der Waals surface area contributed by atoms with Gasteiger partial charge in [0.05, 0.1) is 23.1 Å². The lowest BCUT2D eigenvalue weighted by molar-refractivity contribution is 0.724. The van der Waals surface area contributed by atoms with E-state index in [1.807, 2.05) is 12.1 Å². The maximum absolute atomic E-state index is 5.27. The van der Waals surface area contributed by atoms with E-state index < -0.39 is 0 Å². The molecule has 6 aromatic carbocycles. The van der Waals surface area contributed by atoms with Gasteiger partial charge in [-0.2, -0.15) is 0 Å². The van der Waals surface area contributed by atoms with E-state index in [1.165, 1.54) is 33.4 Å². The van der Waals surface area contributed by atoms with Crippen LogP contribution >= 0.6 is 0 Å². The first-order valence-corrected chi connectivity index (χ1v) is 17.1. The molecular formula is C47H33N3. The number of fused-ring (bicyclic) bond motifs is 3. The molecule has 0 N–H and O–H groups in total. The summed E-state index contributed by atoms with van der Waals surface area (Å²) in [5, 5.41) is 0. The number of allylic oxidation sites excluding steroid dienone is 1. The van der Waals surface area contributed by atoms with Gasteiger partial charge < -0.3 is 0 Å². The van der Waals surface area contributed by atoms with Crippen molar-refractivity contribution in [2.75, 3.05) is 0 Å². The molecule has 0 amide bonds. The van der Waals surface area contributed by atoms with Crippen LogP contribution in [0.2, 0.25) is 0 Å². The van der Waals surface area contributed by atoms with Gasteiger partial charge in [0.2, 0.25) is 0 Å².